The molecule has 3 aromatic heterocycles. The molecule has 1 N–H and O–H groups in total. The second kappa shape index (κ2) is 8.58. The van der Waals surface area contributed by atoms with Gasteiger partial charge >= 0.3 is 6.09 Å². The number of hydrogen-bond donors (Lipinski definition) is 1. The molecule has 0 aromatic carbocycles. The van der Waals surface area contributed by atoms with Crippen LogP contribution in [0.5, 0.6) is 0 Å². The minimum absolute atomic E-state index is 0.0469. The number of nitrogens with zero attached hydrogens (tertiary/aromatic N) is 5. The zero-order valence-electron chi connectivity index (χ0n) is 17.6. The van der Waals surface area contributed by atoms with E-state index in [4.69, 9.17) is 4.74 Å². The lowest BCUT2D eigenvalue weighted by Gasteiger charge is -2.35. The topological polar surface area (TPSA) is 113 Å². The molecule has 1 amide bonds. The second-order valence-corrected chi connectivity index (χ2v) is 9.98. The number of fused-ring (bicyclic) bond motifs is 1. The first-order chi connectivity index (χ1) is 14.9. The Kier molecular flexibility index (Phi) is 5.86. The van der Waals surface area contributed by atoms with Crippen LogP contribution in [0.25, 0.3) is 22.3 Å². The van der Waals surface area contributed by atoms with Gasteiger partial charge in [0, 0.05) is 68.0 Å². The second-order valence-electron chi connectivity index (χ2n) is 7.50. The molecule has 1 saturated heterocycles. The number of nitrogens with one attached hydrogen (secondary N) is 1. The minimum atomic E-state index is -3.15. The SMILES string of the molecule is CCS(=O)(=O)CCOC(=O)N1CCN(c2ccnc3[nH]c(-c4cnn(C)c4)cc23)CC1. The highest BCUT2D eigenvalue weighted by Gasteiger charge is 2.24. The summed E-state index contributed by atoms with van der Waals surface area (Å²) < 4.78 is 30.0. The predicted molar refractivity (Wildman–Crippen MR) is 118 cm³/mol. The number of aromatic nitrogens is 4. The molecule has 4 rings (SSSR count). The highest BCUT2D eigenvalue weighted by atomic mass is 32.2. The fourth-order valence-corrected chi connectivity index (χ4v) is 4.25. The van der Waals surface area contributed by atoms with Crippen molar-refractivity contribution in [2.45, 2.75) is 6.92 Å². The third-order valence-corrected chi connectivity index (χ3v) is 7.13. The van der Waals surface area contributed by atoms with Crippen molar-refractivity contribution in [1.29, 1.82) is 0 Å². The van der Waals surface area contributed by atoms with E-state index in [1.54, 1.807) is 28.9 Å². The van der Waals surface area contributed by atoms with Gasteiger partial charge in [0.1, 0.15) is 12.3 Å². The van der Waals surface area contributed by atoms with Crippen molar-refractivity contribution in [3.8, 4) is 11.3 Å². The molecule has 31 heavy (non-hydrogen) atoms. The zero-order valence-corrected chi connectivity index (χ0v) is 18.4. The van der Waals surface area contributed by atoms with Crippen LogP contribution >= 0.6 is 0 Å². The van der Waals surface area contributed by atoms with Gasteiger partial charge in [-0.25, -0.2) is 18.2 Å². The smallest absolute Gasteiger partial charge is 0.409 e. The fraction of sp³-hybridized carbons (Fsp3) is 0.450. The largest absolute Gasteiger partial charge is 0.448 e. The summed E-state index contributed by atoms with van der Waals surface area (Å²) in [7, 11) is -1.27. The Balaban J connectivity index is 1.40. The van der Waals surface area contributed by atoms with Crippen LogP contribution in [0, 0.1) is 0 Å². The predicted octanol–water partition coefficient (Wildman–Crippen LogP) is 1.66. The van der Waals surface area contributed by atoms with Crippen molar-refractivity contribution in [1.82, 2.24) is 24.6 Å². The highest BCUT2D eigenvalue weighted by molar-refractivity contribution is 7.91. The standard InChI is InChI=1S/C20H26N6O4S/c1-3-31(28,29)11-10-30-20(27)26-8-6-25(7-9-26)18-4-5-21-19-16(18)12-17(23-19)15-13-22-24(2)14-15/h4-5,12-14H,3,6-11H2,1-2H3,(H,21,23). The molecule has 11 heteroatoms. The molecule has 0 aliphatic carbocycles. The number of pyridine rings is 1. The van der Waals surface area contributed by atoms with Crippen LogP contribution in [0.4, 0.5) is 10.5 Å². The Morgan fingerprint density at radius 2 is 2.03 bits per heavy atom. The maximum atomic E-state index is 12.3. The Morgan fingerprint density at radius 1 is 1.26 bits per heavy atom. The van der Waals surface area contributed by atoms with Gasteiger partial charge in [0.15, 0.2) is 9.84 Å². The van der Waals surface area contributed by atoms with Gasteiger partial charge in [0.25, 0.3) is 0 Å². The Morgan fingerprint density at radius 3 is 2.71 bits per heavy atom. The third-order valence-electron chi connectivity index (χ3n) is 5.46. The van der Waals surface area contributed by atoms with E-state index < -0.39 is 15.9 Å². The number of piperazine rings is 1. The molecule has 1 aliphatic heterocycles. The van der Waals surface area contributed by atoms with E-state index in [2.05, 4.69) is 26.0 Å². The summed E-state index contributed by atoms with van der Waals surface area (Å²) in [6.45, 7) is 3.77. The molecule has 0 spiro atoms. The molecular formula is C20H26N6O4S. The van der Waals surface area contributed by atoms with E-state index in [0.717, 1.165) is 28.0 Å². The number of ether oxygens (including phenoxy) is 1. The third kappa shape index (κ3) is 4.66. The first-order valence-electron chi connectivity index (χ1n) is 10.2. The lowest BCUT2D eigenvalue weighted by molar-refractivity contribution is 0.105. The number of rotatable bonds is 6. The Bertz CT molecular complexity index is 1180. The molecule has 0 saturated carbocycles. The van der Waals surface area contributed by atoms with E-state index in [1.807, 2.05) is 19.3 Å². The lowest BCUT2D eigenvalue weighted by atomic mass is 10.2. The Labute approximate surface area is 180 Å². The number of sulfone groups is 1. The van der Waals surface area contributed by atoms with E-state index in [-0.39, 0.29) is 18.1 Å². The summed E-state index contributed by atoms with van der Waals surface area (Å²) in [6, 6.07) is 4.05. The summed E-state index contributed by atoms with van der Waals surface area (Å²) in [5, 5.41) is 5.24. The number of carbonyl (C=O) groups is 1. The number of aromatic amines is 1. The average Bonchev–Trinajstić information content (AvgIpc) is 3.39. The molecule has 0 unspecified atom stereocenters. The molecule has 0 atom stereocenters. The normalized spacial score (nSPS) is 14.9. The van der Waals surface area contributed by atoms with Gasteiger partial charge < -0.3 is 19.5 Å². The molecule has 4 heterocycles. The van der Waals surface area contributed by atoms with Crippen LogP contribution in [0.1, 0.15) is 6.92 Å². The summed E-state index contributed by atoms with van der Waals surface area (Å²) in [5.74, 6) is -0.0950. The first kappa shape index (κ1) is 21.2. The average molecular weight is 447 g/mol. The molecule has 0 bridgehead atoms. The number of hydrogen-bond acceptors (Lipinski definition) is 7. The van der Waals surface area contributed by atoms with E-state index >= 15 is 0 Å². The molecular weight excluding hydrogens is 420 g/mol. The quantitative estimate of drug-likeness (QED) is 0.612. The fourth-order valence-electron chi connectivity index (χ4n) is 3.63. The number of amides is 1. The lowest BCUT2D eigenvalue weighted by Crippen LogP contribution is -2.49. The van der Waals surface area contributed by atoms with Crippen molar-refractivity contribution in [3.63, 3.8) is 0 Å². The number of aryl methyl sites for hydroxylation is 1. The van der Waals surface area contributed by atoms with Gasteiger partial charge in [0.2, 0.25) is 0 Å². The van der Waals surface area contributed by atoms with E-state index in [0.29, 0.717) is 26.2 Å². The summed E-state index contributed by atoms with van der Waals surface area (Å²) >= 11 is 0. The summed E-state index contributed by atoms with van der Waals surface area (Å²) in [5.41, 5.74) is 3.80. The highest BCUT2D eigenvalue weighted by Crippen LogP contribution is 2.30. The van der Waals surface area contributed by atoms with E-state index in [1.165, 1.54) is 0 Å². The van der Waals surface area contributed by atoms with Crippen LogP contribution in [0.3, 0.4) is 0 Å². The number of carbonyl (C=O) groups excluding carboxylic acids is 1. The van der Waals surface area contributed by atoms with E-state index in [9.17, 15) is 13.2 Å². The van der Waals surface area contributed by atoms with Gasteiger partial charge in [-0.15, -0.1) is 0 Å². The van der Waals surface area contributed by atoms with Crippen molar-refractivity contribution in [2.75, 3.05) is 49.2 Å². The minimum Gasteiger partial charge on any atom is -0.448 e. The van der Waals surface area contributed by atoms with Crippen LogP contribution in [0.15, 0.2) is 30.7 Å². The van der Waals surface area contributed by atoms with Gasteiger partial charge in [-0.1, -0.05) is 6.92 Å². The first-order valence-corrected chi connectivity index (χ1v) is 12.0. The summed E-state index contributed by atoms with van der Waals surface area (Å²) in [6.07, 6.45) is 5.06. The van der Waals surface area contributed by atoms with Gasteiger partial charge in [-0.2, -0.15) is 5.10 Å². The molecule has 3 aromatic rings. The molecule has 1 aliphatic rings. The van der Waals surface area contributed by atoms with Crippen molar-refractivity contribution in [2.24, 2.45) is 7.05 Å². The van der Waals surface area contributed by atoms with Gasteiger partial charge in [0.05, 0.1) is 17.6 Å². The molecule has 0 radical (unpaired) electrons. The van der Waals surface area contributed by atoms with Crippen LogP contribution in [-0.4, -0.2) is 83.5 Å². The summed E-state index contributed by atoms with van der Waals surface area (Å²) in [4.78, 5) is 23.9. The van der Waals surface area contributed by atoms with Crippen LogP contribution < -0.4 is 4.90 Å². The van der Waals surface area contributed by atoms with Crippen LogP contribution in [-0.2, 0) is 21.6 Å². The number of H-pyrrole nitrogens is 1. The maximum absolute atomic E-state index is 12.3. The van der Waals surface area contributed by atoms with Gasteiger partial charge in [-0.05, 0) is 12.1 Å². The Hall–Kier alpha value is -3.08. The number of anilines is 1. The molecule has 166 valence electrons. The van der Waals surface area contributed by atoms with Crippen molar-refractivity contribution >= 4 is 32.7 Å². The maximum Gasteiger partial charge on any atom is 0.409 e. The molecule has 1 fully saturated rings. The zero-order chi connectivity index (χ0) is 22.0. The van der Waals surface area contributed by atoms with Crippen LogP contribution in [0.2, 0.25) is 0 Å². The monoisotopic (exact) mass is 446 g/mol. The van der Waals surface area contributed by atoms with Crippen molar-refractivity contribution < 1.29 is 17.9 Å². The van der Waals surface area contributed by atoms with Crippen molar-refractivity contribution in [3.05, 3.63) is 30.7 Å². The van der Waals surface area contributed by atoms with Gasteiger partial charge in [-0.3, -0.25) is 4.68 Å². The molecule has 10 nitrogen and oxygen atoms in total.